The highest BCUT2D eigenvalue weighted by Crippen LogP contribution is 2.55. The molecule has 7 heteroatoms. The highest BCUT2D eigenvalue weighted by atomic mass is 16.5. The Kier molecular flexibility index (Phi) is 5.30. The Morgan fingerprint density at radius 2 is 1.88 bits per heavy atom. The molecule has 34 heavy (non-hydrogen) atoms. The Bertz CT molecular complexity index is 1240. The maximum Gasteiger partial charge on any atom is 0.233 e. The third-order valence-electron chi connectivity index (χ3n) is 7.64. The first-order valence-electron chi connectivity index (χ1n) is 11.7. The largest absolute Gasteiger partial charge is 0.504 e. The molecule has 7 nitrogen and oxygen atoms in total. The average Bonchev–Trinajstić information content (AvgIpc) is 3.07. The van der Waals surface area contributed by atoms with Gasteiger partial charge in [0.05, 0.1) is 18.9 Å². The standard InChI is InChI=1S/C27H27NO6/c1-4-9-28-26(32)16-7-6-15-17(23(16)27(28)33)12-18-24(20(30)10-13(2)25(18)31)22(15)14-5-8-19(29)21(11-14)34-3/h5-6,8,10-11,16-17,22-23,29H,4,7,9,12H2,1-3H3. The summed E-state index contributed by atoms with van der Waals surface area (Å²) in [4.78, 5) is 54.2. The number of ether oxygens (including phenoxy) is 1. The van der Waals surface area contributed by atoms with Crippen LogP contribution in [-0.4, -0.2) is 47.0 Å². The lowest BCUT2D eigenvalue weighted by atomic mass is 9.59. The molecule has 0 bridgehead atoms. The number of allylic oxidation sites excluding steroid dienone is 6. The van der Waals surface area contributed by atoms with Gasteiger partial charge in [0.25, 0.3) is 0 Å². The maximum absolute atomic E-state index is 13.4. The molecule has 1 heterocycles. The van der Waals surface area contributed by atoms with Gasteiger partial charge in [-0.1, -0.05) is 24.6 Å². The number of phenols is 1. The number of hydrogen-bond acceptors (Lipinski definition) is 6. The number of methoxy groups -OCH3 is 1. The van der Waals surface area contributed by atoms with E-state index in [4.69, 9.17) is 4.74 Å². The van der Waals surface area contributed by atoms with Gasteiger partial charge in [0.1, 0.15) is 0 Å². The lowest BCUT2D eigenvalue weighted by molar-refractivity contribution is -0.140. The fourth-order valence-corrected chi connectivity index (χ4v) is 6.14. The summed E-state index contributed by atoms with van der Waals surface area (Å²) in [7, 11) is 1.45. The Morgan fingerprint density at radius 1 is 1.12 bits per heavy atom. The summed E-state index contributed by atoms with van der Waals surface area (Å²) >= 11 is 0. The van der Waals surface area contributed by atoms with Crippen LogP contribution < -0.4 is 4.74 Å². The van der Waals surface area contributed by atoms with Gasteiger partial charge in [0, 0.05) is 29.2 Å². The second kappa shape index (κ2) is 8.08. The summed E-state index contributed by atoms with van der Waals surface area (Å²) in [6, 6.07) is 4.90. The van der Waals surface area contributed by atoms with Crippen molar-refractivity contribution in [1.29, 1.82) is 0 Å². The van der Waals surface area contributed by atoms with Gasteiger partial charge in [-0.2, -0.15) is 0 Å². The molecule has 176 valence electrons. The summed E-state index contributed by atoms with van der Waals surface area (Å²) < 4.78 is 5.30. The highest BCUT2D eigenvalue weighted by molar-refractivity contribution is 6.23. The number of aromatic hydroxyl groups is 1. The Hall–Kier alpha value is -3.48. The molecule has 1 aromatic rings. The van der Waals surface area contributed by atoms with Crippen molar-refractivity contribution in [3.63, 3.8) is 0 Å². The zero-order valence-corrected chi connectivity index (χ0v) is 19.5. The minimum atomic E-state index is -0.548. The number of ketones is 2. The van der Waals surface area contributed by atoms with Gasteiger partial charge in [-0.3, -0.25) is 24.1 Å². The van der Waals surface area contributed by atoms with Crippen LogP contribution in [0.5, 0.6) is 11.5 Å². The monoisotopic (exact) mass is 461 g/mol. The van der Waals surface area contributed by atoms with Gasteiger partial charge in [-0.15, -0.1) is 0 Å². The van der Waals surface area contributed by atoms with Crippen LogP contribution in [-0.2, 0) is 19.2 Å². The fraction of sp³-hybridized carbons (Fsp3) is 0.407. The van der Waals surface area contributed by atoms with Crippen LogP contribution >= 0.6 is 0 Å². The lowest BCUT2D eigenvalue weighted by Crippen LogP contribution is -2.39. The normalized spacial score (nSPS) is 28.4. The summed E-state index contributed by atoms with van der Waals surface area (Å²) in [5.41, 5.74) is 2.83. The number of benzene rings is 1. The molecule has 1 saturated heterocycles. The molecule has 1 fully saturated rings. The molecule has 4 atom stereocenters. The van der Waals surface area contributed by atoms with E-state index in [-0.39, 0.29) is 47.2 Å². The molecule has 4 aliphatic rings. The number of likely N-dealkylation sites (tertiary alicyclic amines) is 1. The average molecular weight is 462 g/mol. The zero-order chi connectivity index (χ0) is 24.3. The van der Waals surface area contributed by atoms with Crippen LogP contribution in [0.1, 0.15) is 44.6 Å². The minimum Gasteiger partial charge on any atom is -0.504 e. The molecule has 4 unspecified atom stereocenters. The number of nitrogens with zero attached hydrogens (tertiary/aromatic N) is 1. The fourth-order valence-electron chi connectivity index (χ4n) is 6.14. The number of hydrogen-bond donors (Lipinski definition) is 1. The highest BCUT2D eigenvalue weighted by Gasteiger charge is 2.56. The van der Waals surface area contributed by atoms with E-state index < -0.39 is 17.8 Å². The molecule has 3 aliphatic carbocycles. The molecular weight excluding hydrogens is 434 g/mol. The quantitative estimate of drug-likeness (QED) is 0.420. The van der Waals surface area contributed by atoms with E-state index >= 15 is 0 Å². The molecule has 0 spiro atoms. The van der Waals surface area contributed by atoms with Gasteiger partial charge in [0.2, 0.25) is 11.8 Å². The Morgan fingerprint density at radius 3 is 2.59 bits per heavy atom. The topological polar surface area (TPSA) is 101 Å². The first-order chi connectivity index (χ1) is 16.3. The molecule has 1 aromatic carbocycles. The minimum absolute atomic E-state index is 0.0286. The van der Waals surface area contributed by atoms with E-state index in [0.29, 0.717) is 41.7 Å². The Labute approximate surface area is 197 Å². The smallest absolute Gasteiger partial charge is 0.233 e. The predicted molar refractivity (Wildman–Crippen MR) is 123 cm³/mol. The third-order valence-corrected chi connectivity index (χ3v) is 7.64. The van der Waals surface area contributed by atoms with Crippen molar-refractivity contribution in [2.75, 3.05) is 13.7 Å². The molecular formula is C27H27NO6. The van der Waals surface area contributed by atoms with Crippen LogP contribution in [0, 0.1) is 17.8 Å². The molecule has 1 N–H and O–H groups in total. The van der Waals surface area contributed by atoms with Gasteiger partial charge >= 0.3 is 0 Å². The first-order valence-corrected chi connectivity index (χ1v) is 11.7. The van der Waals surface area contributed by atoms with Gasteiger partial charge in [-0.25, -0.2) is 0 Å². The second-order valence-corrected chi connectivity index (χ2v) is 9.49. The van der Waals surface area contributed by atoms with Crippen molar-refractivity contribution in [3.8, 4) is 11.5 Å². The second-order valence-electron chi connectivity index (χ2n) is 9.49. The van der Waals surface area contributed by atoms with E-state index in [1.165, 1.54) is 24.2 Å². The number of amides is 2. The number of imide groups is 1. The first kappa shape index (κ1) is 22.3. The molecule has 2 amide bonds. The van der Waals surface area contributed by atoms with Gasteiger partial charge in [-0.05, 0) is 55.9 Å². The van der Waals surface area contributed by atoms with Crippen molar-refractivity contribution >= 4 is 23.4 Å². The number of phenolic OH excluding ortho intramolecular Hbond substituents is 1. The molecule has 0 radical (unpaired) electrons. The molecule has 0 aromatic heterocycles. The Balaban J connectivity index is 1.68. The number of carbonyl (C=O) groups excluding carboxylic acids is 4. The van der Waals surface area contributed by atoms with Crippen molar-refractivity contribution in [1.82, 2.24) is 4.90 Å². The lowest BCUT2D eigenvalue weighted by Gasteiger charge is -2.42. The molecule has 5 rings (SSSR count). The van der Waals surface area contributed by atoms with Gasteiger partial charge in [0.15, 0.2) is 23.1 Å². The summed E-state index contributed by atoms with van der Waals surface area (Å²) in [5.74, 6) is -2.35. The number of fused-ring (bicyclic) bond motifs is 3. The van der Waals surface area contributed by atoms with Gasteiger partial charge < -0.3 is 9.84 Å². The summed E-state index contributed by atoms with van der Waals surface area (Å²) in [6.45, 7) is 3.95. The van der Waals surface area contributed by atoms with E-state index in [1.807, 2.05) is 13.0 Å². The molecule has 1 aliphatic heterocycles. The van der Waals surface area contributed by atoms with Crippen LogP contribution in [0.25, 0.3) is 0 Å². The van der Waals surface area contributed by atoms with E-state index in [9.17, 15) is 24.3 Å². The zero-order valence-electron chi connectivity index (χ0n) is 19.5. The van der Waals surface area contributed by atoms with E-state index in [2.05, 4.69) is 0 Å². The third kappa shape index (κ3) is 3.10. The summed E-state index contributed by atoms with van der Waals surface area (Å²) in [6.07, 6.45) is 4.74. The maximum atomic E-state index is 13.4. The van der Waals surface area contributed by atoms with E-state index in [0.717, 1.165) is 5.57 Å². The predicted octanol–water partition coefficient (Wildman–Crippen LogP) is 3.24. The molecule has 0 saturated carbocycles. The van der Waals surface area contributed by atoms with Crippen LogP contribution in [0.15, 0.2) is 52.6 Å². The van der Waals surface area contributed by atoms with Crippen LogP contribution in [0.3, 0.4) is 0 Å². The van der Waals surface area contributed by atoms with Crippen molar-refractivity contribution in [3.05, 3.63) is 58.2 Å². The summed E-state index contributed by atoms with van der Waals surface area (Å²) in [5, 5.41) is 10.1. The van der Waals surface area contributed by atoms with Crippen molar-refractivity contribution < 1.29 is 29.0 Å². The number of rotatable bonds is 4. The SMILES string of the molecule is CCCN1C(=O)C2CC=C3C(c4ccc(O)c(OC)c4)C4=C(CC3C2C1=O)C(=O)C(C)=CC4=O. The van der Waals surface area contributed by atoms with E-state index in [1.54, 1.807) is 19.1 Å². The van der Waals surface area contributed by atoms with Crippen molar-refractivity contribution in [2.24, 2.45) is 17.8 Å². The van der Waals surface area contributed by atoms with Crippen molar-refractivity contribution in [2.45, 2.75) is 39.0 Å². The number of Topliss-reactive ketones (excluding diaryl/α,β-unsaturated/α-hetero) is 1. The van der Waals surface area contributed by atoms with Crippen LogP contribution in [0.2, 0.25) is 0 Å². The van der Waals surface area contributed by atoms with Crippen LogP contribution in [0.4, 0.5) is 0 Å². The number of carbonyl (C=O) groups is 4.